The average Bonchev–Trinajstić information content (AvgIpc) is 3.07. The summed E-state index contributed by atoms with van der Waals surface area (Å²) in [4.78, 5) is 50.2. The van der Waals surface area contributed by atoms with Gasteiger partial charge in [0, 0.05) is 6.54 Å². The number of carbonyl (C=O) groups is 4. The van der Waals surface area contributed by atoms with Crippen LogP contribution in [0.4, 0.5) is 5.69 Å². The predicted molar refractivity (Wildman–Crippen MR) is 113 cm³/mol. The van der Waals surface area contributed by atoms with E-state index in [4.69, 9.17) is 4.74 Å². The van der Waals surface area contributed by atoms with Gasteiger partial charge in [0.15, 0.2) is 6.61 Å². The fraction of sp³-hybridized carbons (Fsp3) is 0.0833. The van der Waals surface area contributed by atoms with Crippen molar-refractivity contribution in [2.24, 2.45) is 0 Å². The molecule has 0 unspecified atom stereocenters. The molecule has 1 aliphatic rings. The van der Waals surface area contributed by atoms with Crippen molar-refractivity contribution in [1.82, 2.24) is 5.32 Å². The molecule has 0 radical (unpaired) electrons. The summed E-state index contributed by atoms with van der Waals surface area (Å²) in [7, 11) is 0. The number of esters is 1. The number of ether oxygens (including phenoxy) is 1. The lowest BCUT2D eigenvalue weighted by Crippen LogP contribution is -2.29. The van der Waals surface area contributed by atoms with Crippen molar-refractivity contribution >= 4 is 29.4 Å². The Labute approximate surface area is 178 Å². The van der Waals surface area contributed by atoms with E-state index in [-0.39, 0.29) is 5.56 Å². The van der Waals surface area contributed by atoms with Crippen LogP contribution in [0.25, 0.3) is 0 Å². The molecule has 0 saturated carbocycles. The molecule has 0 saturated heterocycles. The summed E-state index contributed by atoms with van der Waals surface area (Å²) in [6.07, 6.45) is 0. The number of imide groups is 1. The SMILES string of the molecule is O=C(COC(=O)c1ccc(N2C(=O)c3ccccc3C2=O)cc1)NCc1ccccc1. The highest BCUT2D eigenvalue weighted by Crippen LogP contribution is 2.28. The summed E-state index contributed by atoms with van der Waals surface area (Å²) in [5.41, 5.74) is 2.18. The number of rotatable bonds is 6. The second-order valence-corrected chi connectivity index (χ2v) is 6.88. The summed E-state index contributed by atoms with van der Waals surface area (Å²) >= 11 is 0. The normalized spacial score (nSPS) is 12.5. The van der Waals surface area contributed by atoms with E-state index in [0.29, 0.717) is 23.4 Å². The average molecular weight is 414 g/mol. The maximum atomic E-state index is 12.5. The number of nitrogens with one attached hydrogen (secondary N) is 1. The van der Waals surface area contributed by atoms with Crippen LogP contribution in [0.3, 0.4) is 0 Å². The lowest BCUT2D eigenvalue weighted by atomic mass is 10.1. The molecule has 0 bridgehead atoms. The maximum Gasteiger partial charge on any atom is 0.338 e. The Hall–Kier alpha value is -4.26. The van der Waals surface area contributed by atoms with Crippen molar-refractivity contribution in [3.63, 3.8) is 0 Å². The summed E-state index contributed by atoms with van der Waals surface area (Å²) in [5.74, 6) is -1.92. The summed E-state index contributed by atoms with van der Waals surface area (Å²) in [6.45, 7) is -0.0714. The monoisotopic (exact) mass is 414 g/mol. The Kier molecular flexibility index (Phi) is 5.57. The molecule has 3 aromatic carbocycles. The molecule has 0 fully saturated rings. The third kappa shape index (κ3) is 4.20. The minimum Gasteiger partial charge on any atom is -0.452 e. The van der Waals surface area contributed by atoms with Crippen LogP contribution in [0.1, 0.15) is 36.6 Å². The van der Waals surface area contributed by atoms with Crippen LogP contribution in [0, 0.1) is 0 Å². The predicted octanol–water partition coefficient (Wildman–Crippen LogP) is 2.96. The van der Waals surface area contributed by atoms with E-state index < -0.39 is 30.3 Å². The number of benzene rings is 3. The molecule has 0 spiro atoms. The van der Waals surface area contributed by atoms with E-state index >= 15 is 0 Å². The fourth-order valence-electron chi connectivity index (χ4n) is 3.23. The minimum atomic E-state index is -0.677. The Bertz CT molecular complexity index is 1120. The molecule has 154 valence electrons. The smallest absolute Gasteiger partial charge is 0.338 e. The van der Waals surface area contributed by atoms with Gasteiger partial charge in [-0.15, -0.1) is 0 Å². The van der Waals surface area contributed by atoms with Gasteiger partial charge in [-0.25, -0.2) is 9.69 Å². The first-order valence-electron chi connectivity index (χ1n) is 9.60. The summed E-state index contributed by atoms with van der Waals surface area (Å²) in [5, 5.41) is 2.67. The van der Waals surface area contributed by atoms with Crippen LogP contribution in [0.5, 0.6) is 0 Å². The molecule has 31 heavy (non-hydrogen) atoms. The Balaban J connectivity index is 1.34. The molecule has 7 heteroatoms. The van der Waals surface area contributed by atoms with Gasteiger partial charge >= 0.3 is 5.97 Å². The zero-order valence-corrected chi connectivity index (χ0v) is 16.4. The first-order chi connectivity index (χ1) is 15.0. The van der Waals surface area contributed by atoms with Crippen molar-refractivity contribution < 1.29 is 23.9 Å². The lowest BCUT2D eigenvalue weighted by molar-refractivity contribution is -0.124. The van der Waals surface area contributed by atoms with Crippen LogP contribution < -0.4 is 10.2 Å². The number of hydrogen-bond acceptors (Lipinski definition) is 5. The highest BCUT2D eigenvalue weighted by Gasteiger charge is 2.36. The first-order valence-corrected chi connectivity index (χ1v) is 9.60. The number of hydrogen-bond donors (Lipinski definition) is 1. The zero-order chi connectivity index (χ0) is 21.8. The van der Waals surface area contributed by atoms with Crippen LogP contribution >= 0.6 is 0 Å². The molecular formula is C24H18N2O5. The minimum absolute atomic E-state index is 0.205. The number of amides is 3. The lowest BCUT2D eigenvalue weighted by Gasteiger charge is -2.14. The van der Waals surface area contributed by atoms with E-state index in [2.05, 4.69) is 5.32 Å². The van der Waals surface area contributed by atoms with E-state index in [1.165, 1.54) is 24.3 Å². The standard InChI is InChI=1S/C24H18N2O5/c27-21(25-14-16-6-2-1-3-7-16)15-31-24(30)17-10-12-18(13-11-17)26-22(28)19-8-4-5-9-20(19)23(26)29/h1-13H,14-15H2,(H,25,27). The third-order valence-electron chi connectivity index (χ3n) is 4.82. The van der Waals surface area contributed by atoms with Gasteiger partial charge in [0.2, 0.25) is 0 Å². The molecule has 3 aromatic rings. The van der Waals surface area contributed by atoms with Gasteiger partial charge in [0.05, 0.1) is 22.4 Å². The molecule has 4 rings (SSSR count). The van der Waals surface area contributed by atoms with Crippen LogP contribution in [-0.2, 0) is 16.1 Å². The molecule has 3 amide bonds. The van der Waals surface area contributed by atoms with Gasteiger partial charge in [-0.3, -0.25) is 14.4 Å². The largest absolute Gasteiger partial charge is 0.452 e. The first kappa shape index (κ1) is 20.0. The van der Waals surface area contributed by atoms with Gasteiger partial charge in [0.25, 0.3) is 17.7 Å². The molecule has 0 aromatic heterocycles. The van der Waals surface area contributed by atoms with Crippen LogP contribution in [0.15, 0.2) is 78.9 Å². The number of nitrogens with zero attached hydrogens (tertiary/aromatic N) is 1. The van der Waals surface area contributed by atoms with Crippen molar-refractivity contribution in [2.75, 3.05) is 11.5 Å². The molecule has 1 N–H and O–H groups in total. The Morgan fingerprint density at radius 3 is 1.97 bits per heavy atom. The Morgan fingerprint density at radius 1 is 0.774 bits per heavy atom. The summed E-state index contributed by atoms with van der Waals surface area (Å²) in [6, 6.07) is 21.9. The van der Waals surface area contributed by atoms with Crippen molar-refractivity contribution in [3.05, 3.63) is 101 Å². The van der Waals surface area contributed by atoms with E-state index in [1.807, 2.05) is 30.3 Å². The van der Waals surface area contributed by atoms with Gasteiger partial charge in [0.1, 0.15) is 0 Å². The fourth-order valence-corrected chi connectivity index (χ4v) is 3.23. The van der Waals surface area contributed by atoms with E-state index in [9.17, 15) is 19.2 Å². The molecular weight excluding hydrogens is 396 g/mol. The van der Waals surface area contributed by atoms with Gasteiger partial charge in [-0.1, -0.05) is 42.5 Å². The number of anilines is 1. The maximum absolute atomic E-state index is 12.5. The van der Waals surface area contributed by atoms with Crippen LogP contribution in [-0.4, -0.2) is 30.3 Å². The van der Waals surface area contributed by atoms with E-state index in [1.54, 1.807) is 24.3 Å². The zero-order valence-electron chi connectivity index (χ0n) is 16.4. The van der Waals surface area contributed by atoms with Crippen LogP contribution in [0.2, 0.25) is 0 Å². The summed E-state index contributed by atoms with van der Waals surface area (Å²) < 4.78 is 5.04. The third-order valence-corrected chi connectivity index (χ3v) is 4.82. The topological polar surface area (TPSA) is 92.8 Å². The van der Waals surface area contributed by atoms with Gasteiger partial charge < -0.3 is 10.1 Å². The highest BCUT2D eigenvalue weighted by molar-refractivity contribution is 6.34. The molecule has 0 aliphatic carbocycles. The Morgan fingerprint density at radius 2 is 1.35 bits per heavy atom. The molecule has 7 nitrogen and oxygen atoms in total. The highest BCUT2D eigenvalue weighted by atomic mass is 16.5. The van der Waals surface area contributed by atoms with Crippen molar-refractivity contribution in [2.45, 2.75) is 6.54 Å². The second-order valence-electron chi connectivity index (χ2n) is 6.88. The molecule has 1 aliphatic heterocycles. The number of carbonyl (C=O) groups excluding carboxylic acids is 4. The van der Waals surface area contributed by atoms with Crippen molar-refractivity contribution in [3.8, 4) is 0 Å². The molecule has 0 atom stereocenters. The molecule has 1 heterocycles. The van der Waals surface area contributed by atoms with Gasteiger partial charge in [-0.2, -0.15) is 0 Å². The number of fused-ring (bicyclic) bond motifs is 1. The quantitative estimate of drug-likeness (QED) is 0.495. The van der Waals surface area contributed by atoms with Gasteiger partial charge in [-0.05, 0) is 42.0 Å². The second kappa shape index (κ2) is 8.62. The van der Waals surface area contributed by atoms with E-state index in [0.717, 1.165) is 10.5 Å². The van der Waals surface area contributed by atoms with Crippen molar-refractivity contribution in [1.29, 1.82) is 0 Å².